The maximum absolute atomic E-state index is 10.5. The van der Waals surface area contributed by atoms with E-state index in [1.165, 1.54) is 0 Å². The number of carbonyl (C=O) groups is 2. The molecule has 0 aromatic rings. The van der Waals surface area contributed by atoms with Crippen molar-refractivity contribution in [3.63, 3.8) is 0 Å². The van der Waals surface area contributed by atoms with Gasteiger partial charge < -0.3 is 13.1 Å². The quantitative estimate of drug-likeness (QED) is 0.359. The van der Waals surface area contributed by atoms with Crippen molar-refractivity contribution in [2.45, 2.75) is 26.7 Å². The second kappa shape index (κ2) is 8.48. The molecule has 0 atom stereocenters. The van der Waals surface area contributed by atoms with Crippen LogP contribution in [0.5, 0.6) is 0 Å². The zero-order chi connectivity index (χ0) is 9.07. The molecule has 0 amide bonds. The van der Waals surface area contributed by atoms with Crippen molar-refractivity contribution >= 4 is 11.9 Å². The maximum atomic E-state index is 10.5. The van der Waals surface area contributed by atoms with Gasteiger partial charge in [-0.15, -0.1) is 0 Å². The van der Waals surface area contributed by atoms with E-state index < -0.39 is 17.4 Å². The minimum Gasteiger partial charge on any atom is -1.00 e. The number of aliphatic carboxylic acids is 2. The molecule has 0 unspecified atom stereocenters. The molecule has 0 saturated heterocycles. The summed E-state index contributed by atoms with van der Waals surface area (Å²) in [6.07, 6.45) is 0.238. The van der Waals surface area contributed by atoms with Crippen LogP contribution >= 0.6 is 0 Å². The zero-order valence-electron chi connectivity index (χ0n) is 10.6. The molecule has 0 aromatic carbocycles. The third-order valence-electron chi connectivity index (χ3n) is 2.03. The van der Waals surface area contributed by atoms with E-state index in [1.54, 1.807) is 13.8 Å². The first-order valence-electron chi connectivity index (χ1n) is 3.48. The van der Waals surface area contributed by atoms with Crippen LogP contribution in [0.25, 0.3) is 0 Å². The number of hydrogen-bond acceptors (Lipinski definition) is 2. The van der Waals surface area contributed by atoms with E-state index in [0.717, 1.165) is 0 Å². The summed E-state index contributed by atoms with van der Waals surface area (Å²) in [6, 6.07) is 0. The van der Waals surface area contributed by atoms with Gasteiger partial charge in [-0.3, -0.25) is 9.59 Å². The first-order valence-corrected chi connectivity index (χ1v) is 3.48. The Morgan fingerprint density at radius 1 is 1.15 bits per heavy atom. The molecule has 68 valence electrons. The van der Waals surface area contributed by atoms with Crippen LogP contribution in [0.4, 0.5) is 0 Å². The number of hydrogen-bond donors (Lipinski definition) is 2. The van der Waals surface area contributed by atoms with Crippen LogP contribution in [0.15, 0.2) is 0 Å². The molecule has 0 aliphatic rings. The normalized spacial score (nSPS) is 9.38. The van der Waals surface area contributed by atoms with Crippen molar-refractivity contribution in [1.82, 2.24) is 0 Å². The van der Waals surface area contributed by atoms with E-state index in [1.807, 2.05) is 0 Å². The van der Waals surface area contributed by atoms with Crippen LogP contribution in [0, 0.1) is 5.41 Å². The number of carboxylic acids is 2. The van der Waals surface area contributed by atoms with Crippen LogP contribution in [-0.2, 0) is 9.59 Å². The fraction of sp³-hybridized carbons (Fsp3) is 0.714. The second-order valence-corrected chi connectivity index (χ2v) is 2.40. The molecule has 0 spiro atoms. The summed E-state index contributed by atoms with van der Waals surface area (Å²) in [4.78, 5) is 21.1. The fourth-order valence-corrected chi connectivity index (χ4v) is 0.946. The van der Waals surface area contributed by atoms with E-state index in [4.69, 9.17) is 10.2 Å². The topological polar surface area (TPSA) is 74.6 Å². The first-order chi connectivity index (χ1) is 5.01. The summed E-state index contributed by atoms with van der Waals surface area (Å²) in [6.45, 7) is 3.12. The molecule has 2 N–H and O–H groups in total. The molecule has 0 fully saturated rings. The molecule has 0 heterocycles. The Bertz CT molecular complexity index is 172. The largest absolute Gasteiger partial charge is 1.00 e. The Hall–Kier alpha value is 1.17. The summed E-state index contributed by atoms with van der Waals surface area (Å²) < 4.78 is 0. The van der Waals surface area contributed by atoms with E-state index in [2.05, 4.69) is 0 Å². The van der Waals surface area contributed by atoms with Gasteiger partial charge in [-0.25, -0.2) is 0 Å². The summed E-state index contributed by atoms with van der Waals surface area (Å²) in [5.41, 5.74) is -1.58. The van der Waals surface area contributed by atoms with Crippen LogP contribution in [-0.4, -0.2) is 22.2 Å². The zero-order valence-corrected chi connectivity index (χ0v) is 11.7. The van der Waals surface area contributed by atoms with E-state index >= 15 is 0 Å². The molecule has 13 heavy (non-hydrogen) atoms. The first kappa shape index (κ1) is 19.7. The molecule has 0 saturated carbocycles. The van der Waals surface area contributed by atoms with Crippen molar-refractivity contribution in [1.29, 1.82) is 0 Å². The van der Waals surface area contributed by atoms with Gasteiger partial charge in [0, 0.05) is 0 Å². The molecule has 0 bridgehead atoms. The van der Waals surface area contributed by atoms with Gasteiger partial charge in [0.1, 0.15) is 0 Å². The molecular weight excluding hydrogens is 194 g/mol. The Morgan fingerprint density at radius 2 is 1.38 bits per heavy atom. The van der Waals surface area contributed by atoms with Gasteiger partial charge in [0.2, 0.25) is 0 Å². The Labute approximate surface area is 135 Å². The predicted octanol–water partition coefficient (Wildman–Crippen LogP) is -4.80. The van der Waals surface area contributed by atoms with Crippen molar-refractivity contribution in [3.8, 4) is 0 Å². The maximum Gasteiger partial charge on any atom is 1.00 e. The fourth-order valence-electron chi connectivity index (χ4n) is 0.946. The Morgan fingerprint density at radius 3 is 1.38 bits per heavy atom. The van der Waals surface area contributed by atoms with Crippen LogP contribution in [0.1, 0.15) is 29.5 Å². The van der Waals surface area contributed by atoms with Crippen LogP contribution in [0.2, 0.25) is 0 Å². The van der Waals surface area contributed by atoms with Crippen molar-refractivity contribution in [2.24, 2.45) is 5.41 Å². The van der Waals surface area contributed by atoms with Gasteiger partial charge in [-0.2, -0.15) is 0 Å². The Balaban J connectivity index is -0.0000000833. The third-order valence-corrected chi connectivity index (χ3v) is 2.03. The van der Waals surface area contributed by atoms with Gasteiger partial charge in [0.15, 0.2) is 5.41 Å². The molecule has 0 radical (unpaired) electrons. The second-order valence-electron chi connectivity index (χ2n) is 2.40. The molecule has 0 aliphatic carbocycles. The van der Waals surface area contributed by atoms with Crippen molar-refractivity contribution in [3.05, 3.63) is 0 Å². The molecule has 0 aromatic heterocycles. The summed E-state index contributed by atoms with van der Waals surface area (Å²) >= 11 is 0. The SMILES string of the molecule is CCC(CC)(C(=O)O)C(=O)O.[H-].[H-].[K+].[Li+]. The smallest absolute Gasteiger partial charge is 1.00 e. The summed E-state index contributed by atoms with van der Waals surface area (Å²) in [7, 11) is 0. The minimum atomic E-state index is -1.58. The van der Waals surface area contributed by atoms with Crippen molar-refractivity contribution in [2.75, 3.05) is 0 Å². The average molecular weight is 208 g/mol. The summed E-state index contributed by atoms with van der Waals surface area (Å²) in [5.74, 6) is -2.51. The molecule has 4 nitrogen and oxygen atoms in total. The van der Waals surface area contributed by atoms with Gasteiger partial charge >= 0.3 is 82.2 Å². The molecule has 0 rings (SSSR count). The molecule has 0 aliphatic heterocycles. The summed E-state index contributed by atoms with van der Waals surface area (Å²) in [5, 5.41) is 17.2. The van der Waals surface area contributed by atoms with Gasteiger partial charge in [-0.05, 0) is 12.8 Å². The number of carboxylic acid groups (broad SMARTS) is 2. The van der Waals surface area contributed by atoms with Crippen LogP contribution < -0.4 is 70.2 Å². The Kier molecular flexibility index (Phi) is 12.9. The minimum absolute atomic E-state index is 0. The molecule has 6 heteroatoms. The van der Waals surface area contributed by atoms with Gasteiger partial charge in [0.25, 0.3) is 0 Å². The van der Waals surface area contributed by atoms with E-state index in [0.29, 0.717) is 0 Å². The van der Waals surface area contributed by atoms with Gasteiger partial charge in [0.05, 0.1) is 0 Å². The molecular formula is C7H14KLiO4. The predicted molar refractivity (Wildman–Crippen MR) is 40.5 cm³/mol. The van der Waals surface area contributed by atoms with Gasteiger partial charge in [-0.1, -0.05) is 13.8 Å². The van der Waals surface area contributed by atoms with Crippen molar-refractivity contribution < 1.29 is 92.9 Å². The average Bonchev–Trinajstić information content (AvgIpc) is 1.90. The van der Waals surface area contributed by atoms with E-state index in [9.17, 15) is 9.59 Å². The third kappa shape index (κ3) is 4.47. The number of rotatable bonds is 4. The van der Waals surface area contributed by atoms with Crippen LogP contribution in [0.3, 0.4) is 0 Å². The standard InChI is InChI=1S/C7H12O4.K.Li.2H/c1-3-7(4-2,5(8)9)6(10)11;;;;/h3-4H2,1-2H3,(H,8,9)(H,10,11);;;;/q;2*+1;2*-1. The van der Waals surface area contributed by atoms with E-state index in [-0.39, 0.29) is 85.9 Å². The monoisotopic (exact) mass is 208 g/mol.